The molecule has 1 unspecified atom stereocenters. The molecule has 2 heterocycles. The first kappa shape index (κ1) is 30.1. The molecule has 1 atom stereocenters. The van der Waals surface area contributed by atoms with Crippen LogP contribution in [0, 0.1) is 6.92 Å². The smallest absolute Gasteiger partial charge is 0.264 e. The Labute approximate surface area is 251 Å². The lowest BCUT2D eigenvalue weighted by Crippen LogP contribution is -2.51. The maximum absolute atomic E-state index is 13.6. The summed E-state index contributed by atoms with van der Waals surface area (Å²) in [7, 11) is -7.55. The van der Waals surface area contributed by atoms with Crippen molar-refractivity contribution in [3.8, 4) is 11.5 Å². The zero-order valence-corrected chi connectivity index (χ0v) is 25.4. The number of amides is 1. The van der Waals surface area contributed by atoms with Crippen molar-refractivity contribution in [1.82, 2.24) is 9.62 Å². The number of carbonyl (C=O) groups excluding carboxylic acids is 1. The van der Waals surface area contributed by atoms with Gasteiger partial charge in [-0.05, 0) is 74.4 Å². The standard InChI is InChI=1S/C29H32ClN3O7S2/c1-21-5-10-25(11-6-21)42(37,38)33-20-28(40-27-14-7-22(30)19-26(27)33)29(34)31-15-18-39-23-8-12-24(13-9-23)41(35,36)32-16-3-2-4-17-32/h5-14,19,28H,2-4,15-18,20H2,1H3,(H,31,34). The van der Waals surface area contributed by atoms with E-state index in [0.717, 1.165) is 29.1 Å². The minimum Gasteiger partial charge on any atom is -0.492 e. The average molecular weight is 634 g/mol. The largest absolute Gasteiger partial charge is 0.492 e. The second-order valence-electron chi connectivity index (χ2n) is 10.1. The quantitative estimate of drug-likeness (QED) is 0.354. The Morgan fingerprint density at radius 2 is 1.57 bits per heavy atom. The Kier molecular flexibility index (Phi) is 8.97. The van der Waals surface area contributed by atoms with Crippen LogP contribution in [0.4, 0.5) is 5.69 Å². The predicted molar refractivity (Wildman–Crippen MR) is 159 cm³/mol. The molecular weight excluding hydrogens is 602 g/mol. The fraction of sp³-hybridized carbons (Fsp3) is 0.345. The first-order chi connectivity index (χ1) is 20.1. The number of benzene rings is 3. The van der Waals surface area contributed by atoms with Crippen LogP contribution in [0.1, 0.15) is 24.8 Å². The Balaban J connectivity index is 1.20. The Hall–Kier alpha value is -3.32. The van der Waals surface area contributed by atoms with Gasteiger partial charge in [-0.2, -0.15) is 4.31 Å². The molecule has 3 aromatic carbocycles. The van der Waals surface area contributed by atoms with Crippen LogP contribution < -0.4 is 19.1 Å². The summed E-state index contributed by atoms with van der Waals surface area (Å²) in [5.74, 6) is 0.167. The number of aryl methyl sites for hydroxylation is 1. The molecule has 0 aromatic heterocycles. The number of nitrogens with zero attached hydrogens (tertiary/aromatic N) is 2. The number of hydrogen-bond donors (Lipinski definition) is 1. The third-order valence-corrected chi connectivity index (χ3v) is 11.1. The molecule has 0 saturated carbocycles. The zero-order chi connectivity index (χ0) is 29.9. The van der Waals surface area contributed by atoms with Gasteiger partial charge in [0.1, 0.15) is 18.1 Å². The van der Waals surface area contributed by atoms with E-state index in [2.05, 4.69) is 5.32 Å². The number of sulfonamides is 2. The van der Waals surface area contributed by atoms with Crippen molar-refractivity contribution in [3.63, 3.8) is 0 Å². The van der Waals surface area contributed by atoms with E-state index in [9.17, 15) is 21.6 Å². The molecule has 1 fully saturated rings. The number of rotatable bonds is 9. The third-order valence-electron chi connectivity index (χ3n) is 7.14. The van der Waals surface area contributed by atoms with Gasteiger partial charge in [-0.3, -0.25) is 9.10 Å². The maximum atomic E-state index is 13.6. The normalized spacial score (nSPS) is 17.7. The Morgan fingerprint density at radius 1 is 0.929 bits per heavy atom. The van der Waals surface area contributed by atoms with Crippen molar-refractivity contribution >= 4 is 43.2 Å². The summed E-state index contributed by atoms with van der Waals surface area (Å²) in [6.07, 6.45) is 1.65. The molecule has 2 aliphatic rings. The Morgan fingerprint density at radius 3 is 2.26 bits per heavy atom. The van der Waals surface area contributed by atoms with Gasteiger partial charge < -0.3 is 14.8 Å². The first-order valence-electron chi connectivity index (χ1n) is 13.6. The van der Waals surface area contributed by atoms with Crippen molar-refractivity contribution in [3.05, 3.63) is 77.3 Å². The number of piperidine rings is 1. The van der Waals surface area contributed by atoms with Gasteiger partial charge >= 0.3 is 0 Å². The topological polar surface area (TPSA) is 122 Å². The lowest BCUT2D eigenvalue weighted by molar-refractivity contribution is -0.127. The summed E-state index contributed by atoms with van der Waals surface area (Å²) in [6, 6.07) is 17.2. The molecule has 1 saturated heterocycles. The minimum absolute atomic E-state index is 0.0863. The highest BCUT2D eigenvalue weighted by atomic mass is 35.5. The summed E-state index contributed by atoms with van der Waals surface area (Å²) in [5.41, 5.74) is 1.17. The molecule has 2 aliphatic heterocycles. The van der Waals surface area contributed by atoms with Crippen LogP contribution in [-0.4, -0.2) is 65.9 Å². The molecule has 5 rings (SSSR count). The van der Waals surface area contributed by atoms with Gasteiger partial charge in [0.15, 0.2) is 6.10 Å². The molecule has 3 aromatic rings. The van der Waals surface area contributed by atoms with Crippen molar-refractivity contribution < 1.29 is 31.1 Å². The predicted octanol–water partition coefficient (Wildman–Crippen LogP) is 3.97. The third kappa shape index (κ3) is 6.51. The zero-order valence-electron chi connectivity index (χ0n) is 23.0. The van der Waals surface area contributed by atoms with Crippen LogP contribution in [0.2, 0.25) is 5.02 Å². The molecule has 0 bridgehead atoms. The summed E-state index contributed by atoms with van der Waals surface area (Å²) >= 11 is 6.16. The summed E-state index contributed by atoms with van der Waals surface area (Å²) < 4.78 is 67.0. The SMILES string of the molecule is Cc1ccc(S(=O)(=O)N2CC(C(=O)NCCOc3ccc(S(=O)(=O)N4CCCCC4)cc3)Oc3ccc(Cl)cc32)cc1. The van der Waals surface area contributed by atoms with Crippen molar-refractivity contribution in [2.75, 3.05) is 37.1 Å². The van der Waals surface area contributed by atoms with Crippen molar-refractivity contribution in [2.24, 2.45) is 0 Å². The highest BCUT2D eigenvalue weighted by Gasteiger charge is 2.37. The van der Waals surface area contributed by atoms with Crippen LogP contribution in [-0.2, 0) is 24.8 Å². The molecule has 1 amide bonds. The van der Waals surface area contributed by atoms with E-state index in [1.54, 1.807) is 30.3 Å². The summed E-state index contributed by atoms with van der Waals surface area (Å²) in [5, 5.41) is 3.06. The van der Waals surface area contributed by atoms with E-state index < -0.39 is 32.1 Å². The van der Waals surface area contributed by atoms with Crippen molar-refractivity contribution in [1.29, 1.82) is 0 Å². The molecule has 224 valence electrons. The van der Waals surface area contributed by atoms with E-state index in [-0.39, 0.29) is 40.9 Å². The van der Waals surface area contributed by atoms with Crippen LogP contribution in [0.3, 0.4) is 0 Å². The average Bonchev–Trinajstić information content (AvgIpc) is 2.99. The maximum Gasteiger partial charge on any atom is 0.264 e. The number of hydrogen-bond acceptors (Lipinski definition) is 7. The second kappa shape index (κ2) is 12.5. The molecular formula is C29H32ClN3O7S2. The van der Waals surface area contributed by atoms with Gasteiger partial charge in [-0.1, -0.05) is 35.7 Å². The van der Waals surface area contributed by atoms with Gasteiger partial charge in [0.25, 0.3) is 15.9 Å². The van der Waals surface area contributed by atoms with Crippen LogP contribution in [0.5, 0.6) is 11.5 Å². The van der Waals surface area contributed by atoms with Gasteiger partial charge in [0, 0.05) is 18.1 Å². The fourth-order valence-corrected chi connectivity index (χ4v) is 8.00. The minimum atomic E-state index is -4.01. The van der Waals surface area contributed by atoms with Gasteiger partial charge in [0.05, 0.1) is 28.6 Å². The molecule has 0 spiro atoms. The molecule has 0 aliphatic carbocycles. The number of nitrogens with one attached hydrogen (secondary N) is 1. The fourth-order valence-electron chi connectivity index (χ4n) is 4.85. The van der Waals surface area contributed by atoms with Crippen LogP contribution >= 0.6 is 11.6 Å². The van der Waals surface area contributed by atoms with Gasteiger partial charge in [-0.25, -0.2) is 16.8 Å². The number of ether oxygens (including phenoxy) is 2. The Bertz CT molecular complexity index is 1640. The van der Waals surface area contributed by atoms with Gasteiger partial charge in [-0.15, -0.1) is 0 Å². The number of carbonyl (C=O) groups is 1. The van der Waals surface area contributed by atoms with Crippen molar-refractivity contribution in [2.45, 2.75) is 42.1 Å². The number of halogens is 1. The molecule has 42 heavy (non-hydrogen) atoms. The summed E-state index contributed by atoms with van der Waals surface area (Å²) in [6.45, 7) is 2.89. The van der Waals surface area contributed by atoms with Crippen LogP contribution in [0.25, 0.3) is 0 Å². The van der Waals surface area contributed by atoms with Gasteiger partial charge in [0.2, 0.25) is 10.0 Å². The molecule has 0 radical (unpaired) electrons. The van der Waals surface area contributed by atoms with E-state index >= 15 is 0 Å². The highest BCUT2D eigenvalue weighted by molar-refractivity contribution is 7.92. The lowest BCUT2D eigenvalue weighted by Gasteiger charge is -2.34. The monoisotopic (exact) mass is 633 g/mol. The van der Waals surface area contributed by atoms with E-state index in [1.165, 1.54) is 40.7 Å². The number of anilines is 1. The number of fused-ring (bicyclic) bond motifs is 1. The van der Waals surface area contributed by atoms with E-state index in [0.29, 0.717) is 23.9 Å². The summed E-state index contributed by atoms with van der Waals surface area (Å²) in [4.78, 5) is 13.3. The first-order valence-corrected chi connectivity index (χ1v) is 16.9. The molecule has 1 N–H and O–H groups in total. The second-order valence-corrected chi connectivity index (χ2v) is 14.4. The molecule has 10 nitrogen and oxygen atoms in total. The van der Waals surface area contributed by atoms with E-state index in [1.807, 2.05) is 6.92 Å². The van der Waals surface area contributed by atoms with E-state index in [4.69, 9.17) is 21.1 Å². The lowest BCUT2D eigenvalue weighted by atomic mass is 10.2. The van der Waals surface area contributed by atoms with Crippen LogP contribution in [0.15, 0.2) is 76.5 Å². The highest BCUT2D eigenvalue weighted by Crippen LogP contribution is 2.39. The molecule has 13 heteroatoms.